The van der Waals surface area contributed by atoms with Crippen LogP contribution >= 0.6 is 11.8 Å². The van der Waals surface area contributed by atoms with E-state index < -0.39 is 6.36 Å². The van der Waals surface area contributed by atoms with E-state index in [2.05, 4.69) is 24.9 Å². The zero-order valence-corrected chi connectivity index (χ0v) is 23.7. The molecule has 1 aromatic heterocycles. The van der Waals surface area contributed by atoms with Gasteiger partial charge in [-0.25, -0.2) is 4.98 Å². The monoisotopic (exact) mass is 597 g/mol. The lowest BCUT2D eigenvalue weighted by molar-refractivity contribution is -0.274. The van der Waals surface area contributed by atoms with Gasteiger partial charge in [-0.05, 0) is 72.3 Å². The first-order valence-corrected chi connectivity index (χ1v) is 14.0. The van der Waals surface area contributed by atoms with Crippen LogP contribution in [0.1, 0.15) is 16.7 Å². The summed E-state index contributed by atoms with van der Waals surface area (Å²) >= 11 is 1.47. The number of para-hydroxylation sites is 1. The molecule has 0 N–H and O–H groups in total. The van der Waals surface area contributed by atoms with Crippen LogP contribution in [-0.4, -0.2) is 38.9 Å². The van der Waals surface area contributed by atoms with Gasteiger partial charge in [-0.15, -0.1) is 18.3 Å². The predicted molar refractivity (Wildman–Crippen MR) is 164 cm³/mol. The van der Waals surface area contributed by atoms with Crippen molar-refractivity contribution in [1.82, 2.24) is 9.55 Å². The van der Waals surface area contributed by atoms with Gasteiger partial charge in [0, 0.05) is 11.1 Å². The van der Waals surface area contributed by atoms with Gasteiger partial charge in [0.2, 0.25) is 6.19 Å². The van der Waals surface area contributed by atoms with Gasteiger partial charge in [-0.3, -0.25) is 9.47 Å². The Morgan fingerprint density at radius 2 is 1.79 bits per heavy atom. The molecule has 0 unspecified atom stereocenters. The standard InChI is InChI=1S/C31H22F3N7OS/c1-19-4-3-5-20(2)29(19)41-27(36-17-35)16-43-30(41)39-38-15-21-6-12-25-22(14-21)7-13-26-28(25)37-18-40(26)23-8-10-24(11-9-23)42-31(32,33)34/h3-15,18H,16H2,1-2H3/b36-27+,38-15+,39-30-. The summed E-state index contributed by atoms with van der Waals surface area (Å²) < 4.78 is 43.3. The summed E-state index contributed by atoms with van der Waals surface area (Å²) in [6, 6.07) is 21.4. The number of imidazole rings is 1. The molecule has 1 fully saturated rings. The Morgan fingerprint density at radius 3 is 2.51 bits per heavy atom. The molecule has 0 aliphatic carbocycles. The lowest BCUT2D eigenvalue weighted by atomic mass is 10.1. The van der Waals surface area contributed by atoms with E-state index in [9.17, 15) is 18.4 Å². The number of hydrogen-bond donors (Lipinski definition) is 0. The molecule has 0 spiro atoms. The summed E-state index contributed by atoms with van der Waals surface area (Å²) in [5, 5.41) is 20.5. The number of aromatic nitrogens is 2. The van der Waals surface area contributed by atoms with E-state index in [0.717, 1.165) is 44.2 Å². The van der Waals surface area contributed by atoms with E-state index in [0.29, 0.717) is 22.4 Å². The van der Waals surface area contributed by atoms with Crippen LogP contribution in [-0.2, 0) is 0 Å². The molecule has 1 aliphatic rings. The van der Waals surface area contributed by atoms with Crippen molar-refractivity contribution in [1.29, 1.82) is 5.26 Å². The third kappa shape index (κ3) is 5.67. The average Bonchev–Trinajstić information content (AvgIpc) is 3.57. The Balaban J connectivity index is 1.27. The molecule has 214 valence electrons. The number of hydrogen-bond acceptors (Lipinski definition) is 7. The van der Waals surface area contributed by atoms with Gasteiger partial charge in [-0.2, -0.15) is 15.4 Å². The van der Waals surface area contributed by atoms with Crippen LogP contribution in [0, 0.1) is 25.3 Å². The number of ether oxygens (including phenoxy) is 1. The highest BCUT2D eigenvalue weighted by Gasteiger charge is 2.31. The molecular formula is C31H22F3N7OS. The molecule has 43 heavy (non-hydrogen) atoms. The first-order valence-electron chi connectivity index (χ1n) is 13.0. The Kier molecular flexibility index (Phi) is 7.33. The lowest BCUT2D eigenvalue weighted by Crippen LogP contribution is -2.30. The number of thioether (sulfide) groups is 1. The third-order valence-electron chi connectivity index (χ3n) is 6.88. The second kappa shape index (κ2) is 11.3. The highest BCUT2D eigenvalue weighted by atomic mass is 32.2. The van der Waals surface area contributed by atoms with E-state index in [4.69, 9.17) is 0 Å². The molecule has 0 saturated carbocycles. The summed E-state index contributed by atoms with van der Waals surface area (Å²) in [4.78, 5) is 10.5. The number of aliphatic imine (C=N–C) groups is 1. The molecule has 4 aromatic carbocycles. The van der Waals surface area contributed by atoms with Crippen molar-refractivity contribution in [2.75, 3.05) is 10.7 Å². The smallest absolute Gasteiger partial charge is 0.406 e. The summed E-state index contributed by atoms with van der Waals surface area (Å²) in [6.07, 6.45) is 0.455. The molecule has 6 rings (SSSR count). The average molecular weight is 598 g/mol. The minimum Gasteiger partial charge on any atom is -0.406 e. The van der Waals surface area contributed by atoms with Crippen LogP contribution in [0.25, 0.3) is 27.5 Å². The van der Waals surface area contributed by atoms with Gasteiger partial charge in [0.25, 0.3) is 0 Å². The summed E-state index contributed by atoms with van der Waals surface area (Å²) in [5.41, 5.74) is 6.08. The molecule has 5 aromatic rings. The molecule has 0 radical (unpaired) electrons. The number of amidine groups is 2. The van der Waals surface area contributed by atoms with Crippen molar-refractivity contribution >= 4 is 56.5 Å². The number of aryl methyl sites for hydroxylation is 2. The highest BCUT2D eigenvalue weighted by molar-refractivity contribution is 8.15. The maximum absolute atomic E-state index is 12.5. The number of nitriles is 1. The number of fused-ring (bicyclic) bond motifs is 3. The second-order valence-corrected chi connectivity index (χ2v) is 10.6. The summed E-state index contributed by atoms with van der Waals surface area (Å²) in [6.45, 7) is 4.02. The number of halogens is 3. The topological polar surface area (TPSA) is 91.2 Å². The van der Waals surface area contributed by atoms with Crippen LogP contribution in [0.2, 0.25) is 0 Å². The van der Waals surface area contributed by atoms with Crippen molar-refractivity contribution < 1.29 is 17.9 Å². The fourth-order valence-corrected chi connectivity index (χ4v) is 5.92. The van der Waals surface area contributed by atoms with E-state index in [1.807, 2.05) is 78.0 Å². The largest absolute Gasteiger partial charge is 0.573 e. The molecule has 12 heteroatoms. The first kappa shape index (κ1) is 28.0. The van der Waals surface area contributed by atoms with Crippen molar-refractivity contribution in [3.8, 4) is 17.6 Å². The van der Waals surface area contributed by atoms with Gasteiger partial charge in [0.15, 0.2) is 5.17 Å². The Hall–Kier alpha value is -5.15. The number of anilines is 1. The normalized spacial score (nSPS) is 15.8. The molecular weight excluding hydrogens is 575 g/mol. The van der Waals surface area contributed by atoms with Gasteiger partial charge in [0.1, 0.15) is 17.9 Å². The fourth-order valence-electron chi connectivity index (χ4n) is 5.03. The van der Waals surface area contributed by atoms with Crippen molar-refractivity contribution in [2.45, 2.75) is 20.2 Å². The van der Waals surface area contributed by atoms with Gasteiger partial charge >= 0.3 is 6.36 Å². The number of alkyl halides is 3. The first-order chi connectivity index (χ1) is 20.7. The van der Waals surface area contributed by atoms with Crippen molar-refractivity contribution in [2.24, 2.45) is 15.2 Å². The van der Waals surface area contributed by atoms with Gasteiger partial charge in [-0.1, -0.05) is 48.2 Å². The van der Waals surface area contributed by atoms with E-state index in [1.54, 1.807) is 24.7 Å². The zero-order valence-electron chi connectivity index (χ0n) is 22.9. The summed E-state index contributed by atoms with van der Waals surface area (Å²) in [5.74, 6) is 0.837. The quantitative estimate of drug-likeness (QED) is 0.119. The Bertz CT molecular complexity index is 1970. The number of benzene rings is 4. The summed E-state index contributed by atoms with van der Waals surface area (Å²) in [7, 11) is 0. The number of nitrogens with zero attached hydrogens (tertiary/aromatic N) is 7. The molecule has 1 saturated heterocycles. The molecule has 2 heterocycles. The van der Waals surface area contributed by atoms with Crippen molar-refractivity contribution in [3.05, 3.63) is 95.8 Å². The number of rotatable bonds is 5. The molecule has 0 amide bonds. The van der Waals surface area contributed by atoms with Gasteiger partial charge < -0.3 is 4.74 Å². The van der Waals surface area contributed by atoms with Crippen LogP contribution < -0.4 is 9.64 Å². The van der Waals surface area contributed by atoms with E-state index in [-0.39, 0.29) is 5.75 Å². The third-order valence-corrected chi connectivity index (χ3v) is 7.80. The Labute approximate surface area is 248 Å². The van der Waals surface area contributed by atoms with Crippen LogP contribution in [0.15, 0.2) is 94.3 Å². The highest BCUT2D eigenvalue weighted by Crippen LogP contribution is 2.33. The maximum Gasteiger partial charge on any atom is 0.573 e. The van der Waals surface area contributed by atoms with Gasteiger partial charge in [0.05, 0.1) is 28.7 Å². The maximum atomic E-state index is 12.5. The Morgan fingerprint density at radius 1 is 1.02 bits per heavy atom. The van der Waals surface area contributed by atoms with E-state index in [1.165, 1.54) is 23.9 Å². The molecule has 8 nitrogen and oxygen atoms in total. The minimum absolute atomic E-state index is 0.286. The SMILES string of the molecule is Cc1cccc(C)c1N1/C(=N/N=C/c2ccc3c(ccc4c3ncn4-c3ccc(OC(F)(F)F)cc3)c2)SC/C1=N\C#N. The second-order valence-electron chi connectivity index (χ2n) is 9.69. The van der Waals surface area contributed by atoms with Crippen LogP contribution in [0.3, 0.4) is 0 Å². The minimum atomic E-state index is -4.74. The van der Waals surface area contributed by atoms with E-state index >= 15 is 0 Å². The molecule has 0 atom stereocenters. The molecule has 0 bridgehead atoms. The predicted octanol–water partition coefficient (Wildman–Crippen LogP) is 7.52. The lowest BCUT2D eigenvalue weighted by Gasteiger charge is -2.22. The zero-order chi connectivity index (χ0) is 30.1. The van der Waals surface area contributed by atoms with Crippen molar-refractivity contribution in [3.63, 3.8) is 0 Å². The van der Waals surface area contributed by atoms with Crippen LogP contribution in [0.5, 0.6) is 5.75 Å². The fraction of sp³-hybridized carbons (Fsp3) is 0.129. The van der Waals surface area contributed by atoms with Crippen LogP contribution in [0.4, 0.5) is 18.9 Å². The molecule has 1 aliphatic heterocycles.